The van der Waals surface area contributed by atoms with Crippen molar-refractivity contribution in [2.45, 2.75) is 31.6 Å². The maximum atomic E-state index is 9.59. The van der Waals surface area contributed by atoms with Crippen LogP contribution in [0.4, 0.5) is 0 Å². The molecule has 1 rings (SSSR count). The zero-order valence-electron chi connectivity index (χ0n) is 9.19. The summed E-state index contributed by atoms with van der Waals surface area (Å²) in [6, 6.07) is 0. The number of aliphatic hydroxyl groups is 1. The lowest BCUT2D eigenvalue weighted by molar-refractivity contribution is 0.196. The third-order valence-electron chi connectivity index (χ3n) is 1.80. The summed E-state index contributed by atoms with van der Waals surface area (Å²) in [5.41, 5.74) is 0.871. The third kappa shape index (κ3) is 5.20. The van der Waals surface area contributed by atoms with Gasteiger partial charge in [-0.2, -0.15) is 0 Å². The minimum Gasteiger partial charge on any atom is -0.440 e. The molecular formula is C10H18N2O2S. The van der Waals surface area contributed by atoms with E-state index in [0.29, 0.717) is 17.5 Å². The molecule has 0 fully saturated rings. The van der Waals surface area contributed by atoms with Crippen LogP contribution in [0.3, 0.4) is 0 Å². The van der Waals surface area contributed by atoms with Crippen molar-refractivity contribution in [1.29, 1.82) is 0 Å². The normalized spacial score (nSPS) is 13.0. The molecule has 1 heterocycles. The molecule has 0 saturated heterocycles. The Bertz CT molecular complexity index is 278. The Morgan fingerprint density at radius 3 is 3.07 bits per heavy atom. The van der Waals surface area contributed by atoms with Crippen molar-refractivity contribution in [2.75, 3.05) is 18.8 Å². The Hall–Kier alpha value is -0.520. The number of oxazole rings is 1. The predicted molar refractivity (Wildman–Crippen MR) is 61.1 cm³/mol. The second kappa shape index (κ2) is 6.87. The first-order chi connectivity index (χ1) is 7.22. The molecule has 4 nitrogen and oxygen atoms in total. The molecule has 0 saturated carbocycles. The van der Waals surface area contributed by atoms with Crippen LogP contribution < -0.4 is 5.32 Å². The van der Waals surface area contributed by atoms with Crippen molar-refractivity contribution in [2.24, 2.45) is 0 Å². The first-order valence-electron chi connectivity index (χ1n) is 5.16. The van der Waals surface area contributed by atoms with Gasteiger partial charge in [-0.25, -0.2) is 4.98 Å². The minimum atomic E-state index is -0.353. The van der Waals surface area contributed by atoms with Crippen LogP contribution in [0.1, 0.15) is 19.0 Å². The molecule has 1 aromatic rings. The molecule has 0 aliphatic heterocycles. The van der Waals surface area contributed by atoms with E-state index in [4.69, 9.17) is 4.42 Å². The Morgan fingerprint density at radius 1 is 1.67 bits per heavy atom. The van der Waals surface area contributed by atoms with Crippen LogP contribution in [0.2, 0.25) is 0 Å². The number of aliphatic hydroxyl groups excluding tert-OH is 1. The van der Waals surface area contributed by atoms with Gasteiger partial charge in [0.2, 0.25) is 0 Å². The van der Waals surface area contributed by atoms with Crippen molar-refractivity contribution in [3.05, 3.63) is 12.0 Å². The third-order valence-corrected chi connectivity index (χ3v) is 2.79. The van der Waals surface area contributed by atoms with Gasteiger partial charge in [0.25, 0.3) is 5.22 Å². The summed E-state index contributed by atoms with van der Waals surface area (Å²) in [5, 5.41) is 13.4. The Kier molecular flexibility index (Phi) is 5.75. The molecule has 0 aromatic carbocycles. The van der Waals surface area contributed by atoms with Crippen LogP contribution in [-0.4, -0.2) is 35.0 Å². The number of rotatable bonds is 7. The van der Waals surface area contributed by atoms with Gasteiger partial charge < -0.3 is 14.8 Å². The second-order valence-corrected chi connectivity index (χ2v) is 4.39. The van der Waals surface area contributed by atoms with Crippen molar-refractivity contribution >= 4 is 11.8 Å². The molecule has 0 aliphatic rings. The maximum Gasteiger partial charge on any atom is 0.255 e. The SMILES string of the molecule is CCCNCC(O)CSc1nc(C)co1. The summed E-state index contributed by atoms with van der Waals surface area (Å²) in [6.45, 7) is 5.55. The molecule has 5 heteroatoms. The second-order valence-electron chi connectivity index (χ2n) is 3.42. The lowest BCUT2D eigenvalue weighted by Crippen LogP contribution is -2.28. The highest BCUT2D eigenvalue weighted by Crippen LogP contribution is 2.17. The maximum absolute atomic E-state index is 9.59. The average molecular weight is 230 g/mol. The number of nitrogens with one attached hydrogen (secondary N) is 1. The molecular weight excluding hydrogens is 212 g/mol. The number of aromatic nitrogens is 1. The zero-order chi connectivity index (χ0) is 11.1. The van der Waals surface area contributed by atoms with E-state index >= 15 is 0 Å². The van der Waals surface area contributed by atoms with Crippen molar-refractivity contribution in [3.63, 3.8) is 0 Å². The first-order valence-corrected chi connectivity index (χ1v) is 6.14. The van der Waals surface area contributed by atoms with Crippen LogP contribution in [0, 0.1) is 6.92 Å². The van der Waals surface area contributed by atoms with Crippen LogP contribution in [0.15, 0.2) is 15.9 Å². The molecule has 15 heavy (non-hydrogen) atoms. The molecule has 0 bridgehead atoms. The number of nitrogens with zero attached hydrogens (tertiary/aromatic N) is 1. The van der Waals surface area contributed by atoms with Crippen LogP contribution >= 0.6 is 11.8 Å². The van der Waals surface area contributed by atoms with Crippen molar-refractivity contribution < 1.29 is 9.52 Å². The summed E-state index contributed by atoms with van der Waals surface area (Å²) in [6.07, 6.45) is 2.34. The van der Waals surface area contributed by atoms with E-state index in [9.17, 15) is 5.11 Å². The lowest BCUT2D eigenvalue weighted by Gasteiger charge is -2.09. The van der Waals surface area contributed by atoms with Gasteiger partial charge in [-0.15, -0.1) is 0 Å². The molecule has 1 aromatic heterocycles. The lowest BCUT2D eigenvalue weighted by atomic mass is 10.4. The van der Waals surface area contributed by atoms with E-state index in [1.54, 1.807) is 6.26 Å². The van der Waals surface area contributed by atoms with E-state index in [1.807, 2.05) is 6.92 Å². The number of hydrogen-bond donors (Lipinski definition) is 2. The fraction of sp³-hybridized carbons (Fsp3) is 0.700. The quantitative estimate of drug-likeness (QED) is 0.548. The van der Waals surface area contributed by atoms with Crippen LogP contribution in [-0.2, 0) is 0 Å². The van der Waals surface area contributed by atoms with Gasteiger partial charge in [0, 0.05) is 12.3 Å². The van der Waals surface area contributed by atoms with E-state index in [0.717, 1.165) is 18.7 Å². The van der Waals surface area contributed by atoms with E-state index in [1.165, 1.54) is 11.8 Å². The number of thioether (sulfide) groups is 1. The molecule has 0 aliphatic carbocycles. The summed E-state index contributed by atoms with van der Waals surface area (Å²) in [5.74, 6) is 0.608. The van der Waals surface area contributed by atoms with Gasteiger partial charge in [-0.05, 0) is 19.9 Å². The van der Waals surface area contributed by atoms with Gasteiger partial charge in [-0.1, -0.05) is 18.7 Å². The largest absolute Gasteiger partial charge is 0.440 e. The summed E-state index contributed by atoms with van der Waals surface area (Å²) >= 11 is 1.44. The van der Waals surface area contributed by atoms with Gasteiger partial charge in [0.1, 0.15) is 6.26 Å². The molecule has 0 spiro atoms. The van der Waals surface area contributed by atoms with Gasteiger partial charge in [-0.3, -0.25) is 0 Å². The summed E-state index contributed by atoms with van der Waals surface area (Å²) in [4.78, 5) is 4.14. The Morgan fingerprint density at radius 2 is 2.47 bits per heavy atom. The highest BCUT2D eigenvalue weighted by atomic mass is 32.2. The smallest absolute Gasteiger partial charge is 0.255 e. The highest BCUT2D eigenvalue weighted by Gasteiger charge is 2.07. The monoisotopic (exact) mass is 230 g/mol. The standard InChI is InChI=1S/C10H18N2O2S/c1-3-4-11-5-9(13)7-15-10-12-8(2)6-14-10/h6,9,11,13H,3-5,7H2,1-2H3. The van der Waals surface area contributed by atoms with E-state index in [-0.39, 0.29) is 6.10 Å². The van der Waals surface area contributed by atoms with Gasteiger partial charge >= 0.3 is 0 Å². The van der Waals surface area contributed by atoms with Gasteiger partial charge in [0.05, 0.1) is 11.8 Å². The number of aryl methyl sites for hydroxylation is 1. The summed E-state index contributed by atoms with van der Waals surface area (Å²) in [7, 11) is 0. The van der Waals surface area contributed by atoms with Crippen LogP contribution in [0.25, 0.3) is 0 Å². The first kappa shape index (κ1) is 12.5. The molecule has 0 radical (unpaired) electrons. The topological polar surface area (TPSA) is 58.3 Å². The Labute approximate surface area is 94.5 Å². The van der Waals surface area contributed by atoms with Crippen LogP contribution in [0.5, 0.6) is 0 Å². The molecule has 0 amide bonds. The Balaban J connectivity index is 2.13. The fourth-order valence-electron chi connectivity index (χ4n) is 1.07. The van der Waals surface area contributed by atoms with Crippen molar-refractivity contribution in [1.82, 2.24) is 10.3 Å². The molecule has 2 N–H and O–H groups in total. The minimum absolute atomic E-state index is 0.353. The summed E-state index contributed by atoms with van der Waals surface area (Å²) < 4.78 is 5.16. The highest BCUT2D eigenvalue weighted by molar-refractivity contribution is 7.99. The molecule has 86 valence electrons. The fourth-order valence-corrected chi connectivity index (χ4v) is 1.85. The number of hydrogen-bond acceptors (Lipinski definition) is 5. The van der Waals surface area contributed by atoms with E-state index < -0.39 is 0 Å². The zero-order valence-corrected chi connectivity index (χ0v) is 10.0. The molecule has 1 unspecified atom stereocenters. The van der Waals surface area contributed by atoms with Crippen molar-refractivity contribution in [3.8, 4) is 0 Å². The van der Waals surface area contributed by atoms with Gasteiger partial charge in [0.15, 0.2) is 0 Å². The average Bonchev–Trinajstić information content (AvgIpc) is 2.62. The molecule has 1 atom stereocenters. The predicted octanol–water partition coefficient (Wildman–Crippen LogP) is 1.44. The van der Waals surface area contributed by atoms with E-state index in [2.05, 4.69) is 17.2 Å².